The lowest BCUT2D eigenvalue weighted by Gasteiger charge is -2.29. The number of carboxylic acids is 1. The van der Waals surface area contributed by atoms with Crippen molar-refractivity contribution in [3.05, 3.63) is 0 Å². The number of hydrogen-bond acceptors (Lipinski definition) is 3. The third-order valence-electron chi connectivity index (χ3n) is 3.55. The molecule has 3 N–H and O–H groups in total. The van der Waals surface area contributed by atoms with Crippen LogP contribution in [-0.2, 0) is 9.59 Å². The molecule has 0 aliphatic heterocycles. The Bertz CT molecular complexity index is 281. The molecule has 98 valence electrons. The van der Waals surface area contributed by atoms with Crippen molar-refractivity contribution in [3.63, 3.8) is 0 Å². The Hall–Kier alpha value is -1.10. The van der Waals surface area contributed by atoms with E-state index in [9.17, 15) is 9.59 Å². The Morgan fingerprint density at radius 3 is 2.59 bits per heavy atom. The lowest BCUT2D eigenvalue weighted by atomic mass is 9.79. The van der Waals surface area contributed by atoms with E-state index >= 15 is 0 Å². The van der Waals surface area contributed by atoms with Crippen molar-refractivity contribution < 1.29 is 14.7 Å². The summed E-state index contributed by atoms with van der Waals surface area (Å²) in [7, 11) is 1.60. The maximum absolute atomic E-state index is 11.3. The first kappa shape index (κ1) is 14.0. The second-order valence-corrected chi connectivity index (χ2v) is 4.73. The second-order valence-electron chi connectivity index (χ2n) is 4.73. The zero-order valence-corrected chi connectivity index (χ0v) is 10.5. The number of amides is 1. The van der Waals surface area contributed by atoms with Crippen LogP contribution < -0.4 is 10.6 Å². The zero-order chi connectivity index (χ0) is 12.8. The second kappa shape index (κ2) is 6.59. The number of nitrogens with one attached hydrogen (secondary N) is 2. The van der Waals surface area contributed by atoms with E-state index < -0.39 is 5.97 Å². The van der Waals surface area contributed by atoms with Gasteiger partial charge in [0.25, 0.3) is 0 Å². The number of carbonyl (C=O) groups excluding carboxylic acids is 1. The van der Waals surface area contributed by atoms with Crippen molar-refractivity contribution >= 4 is 11.9 Å². The zero-order valence-electron chi connectivity index (χ0n) is 10.5. The van der Waals surface area contributed by atoms with E-state index in [4.69, 9.17) is 5.11 Å². The molecule has 0 aromatic rings. The Labute approximate surface area is 102 Å². The van der Waals surface area contributed by atoms with Gasteiger partial charge in [-0.3, -0.25) is 9.59 Å². The van der Waals surface area contributed by atoms with Crippen LogP contribution in [0.25, 0.3) is 0 Å². The summed E-state index contributed by atoms with van der Waals surface area (Å²) >= 11 is 0. The molecule has 0 aromatic heterocycles. The molecular weight excluding hydrogens is 220 g/mol. The molecule has 3 atom stereocenters. The van der Waals surface area contributed by atoms with Gasteiger partial charge in [-0.1, -0.05) is 12.8 Å². The topological polar surface area (TPSA) is 78.4 Å². The highest BCUT2D eigenvalue weighted by Crippen LogP contribution is 2.29. The maximum Gasteiger partial charge on any atom is 0.306 e. The molecule has 0 aromatic carbocycles. The summed E-state index contributed by atoms with van der Waals surface area (Å²) in [5.41, 5.74) is 0. The quantitative estimate of drug-likeness (QED) is 0.659. The van der Waals surface area contributed by atoms with Crippen molar-refractivity contribution in [1.29, 1.82) is 0 Å². The Balaban J connectivity index is 2.43. The van der Waals surface area contributed by atoms with Crippen LogP contribution >= 0.6 is 0 Å². The molecular formula is C12H22N2O3. The van der Waals surface area contributed by atoms with Crippen LogP contribution in [0.4, 0.5) is 0 Å². The van der Waals surface area contributed by atoms with Gasteiger partial charge in [0.15, 0.2) is 0 Å². The third-order valence-corrected chi connectivity index (χ3v) is 3.55. The van der Waals surface area contributed by atoms with Gasteiger partial charge in [-0.25, -0.2) is 0 Å². The van der Waals surface area contributed by atoms with Gasteiger partial charge in [-0.15, -0.1) is 0 Å². The normalized spacial score (nSPS) is 26.2. The largest absolute Gasteiger partial charge is 0.481 e. The van der Waals surface area contributed by atoms with Crippen LogP contribution in [0.3, 0.4) is 0 Å². The monoisotopic (exact) mass is 242 g/mol. The van der Waals surface area contributed by atoms with E-state index in [1.165, 1.54) is 0 Å². The summed E-state index contributed by atoms with van der Waals surface area (Å²) in [5, 5.41) is 14.8. The van der Waals surface area contributed by atoms with Gasteiger partial charge in [-0.05, 0) is 32.2 Å². The van der Waals surface area contributed by atoms with Crippen molar-refractivity contribution in [2.75, 3.05) is 13.6 Å². The molecule has 5 nitrogen and oxygen atoms in total. The van der Waals surface area contributed by atoms with Gasteiger partial charge in [0, 0.05) is 7.05 Å². The van der Waals surface area contributed by atoms with E-state index in [-0.39, 0.29) is 23.8 Å². The molecule has 0 heterocycles. The molecule has 0 bridgehead atoms. The summed E-state index contributed by atoms with van der Waals surface area (Å²) in [6, 6.07) is -0.267. The lowest BCUT2D eigenvalue weighted by Crippen LogP contribution is -2.44. The average Bonchev–Trinajstić information content (AvgIpc) is 2.35. The van der Waals surface area contributed by atoms with E-state index in [0.717, 1.165) is 25.7 Å². The number of carbonyl (C=O) groups is 2. The standard InChI is InChI=1S/C12H22N2O3/c1-8(11(15)13-2)14-7-9-5-3-4-6-10(9)12(16)17/h8-10,14H,3-7H2,1-2H3,(H,13,15)(H,16,17). The first-order valence-corrected chi connectivity index (χ1v) is 6.24. The number of hydrogen-bond donors (Lipinski definition) is 3. The molecule has 0 radical (unpaired) electrons. The van der Waals surface area contributed by atoms with Crippen molar-refractivity contribution in [3.8, 4) is 0 Å². The number of rotatable bonds is 5. The molecule has 1 saturated carbocycles. The van der Waals surface area contributed by atoms with Crippen LogP contribution in [0.2, 0.25) is 0 Å². The third kappa shape index (κ3) is 4.00. The molecule has 1 aliphatic carbocycles. The Kier molecular flexibility index (Phi) is 5.41. The average molecular weight is 242 g/mol. The minimum atomic E-state index is -0.705. The lowest BCUT2D eigenvalue weighted by molar-refractivity contribution is -0.144. The minimum absolute atomic E-state index is 0.0623. The summed E-state index contributed by atoms with van der Waals surface area (Å²) in [6.45, 7) is 2.39. The molecule has 5 heteroatoms. The molecule has 0 saturated heterocycles. The first-order valence-electron chi connectivity index (χ1n) is 6.24. The fourth-order valence-corrected chi connectivity index (χ4v) is 2.41. The fraction of sp³-hybridized carbons (Fsp3) is 0.833. The van der Waals surface area contributed by atoms with Crippen LogP contribution in [0.1, 0.15) is 32.6 Å². The van der Waals surface area contributed by atoms with E-state index in [1.807, 2.05) is 0 Å². The highest BCUT2D eigenvalue weighted by molar-refractivity contribution is 5.80. The van der Waals surface area contributed by atoms with Gasteiger partial charge >= 0.3 is 5.97 Å². The fourth-order valence-electron chi connectivity index (χ4n) is 2.41. The van der Waals surface area contributed by atoms with Crippen molar-refractivity contribution in [1.82, 2.24) is 10.6 Å². The predicted octanol–water partition coefficient (Wildman–Crippen LogP) is 0.601. The summed E-state index contributed by atoms with van der Waals surface area (Å²) in [6.07, 6.45) is 3.78. The summed E-state index contributed by atoms with van der Waals surface area (Å²) < 4.78 is 0. The Morgan fingerprint density at radius 1 is 1.35 bits per heavy atom. The van der Waals surface area contributed by atoms with Gasteiger partial charge in [0.2, 0.25) is 5.91 Å². The molecule has 17 heavy (non-hydrogen) atoms. The van der Waals surface area contributed by atoms with Crippen molar-refractivity contribution in [2.45, 2.75) is 38.6 Å². The van der Waals surface area contributed by atoms with Crippen LogP contribution in [0.15, 0.2) is 0 Å². The minimum Gasteiger partial charge on any atom is -0.481 e. The number of carboxylic acid groups (broad SMARTS) is 1. The van der Waals surface area contributed by atoms with Crippen molar-refractivity contribution in [2.24, 2.45) is 11.8 Å². The van der Waals surface area contributed by atoms with E-state index in [0.29, 0.717) is 6.54 Å². The van der Waals surface area contributed by atoms with Crippen LogP contribution in [0, 0.1) is 11.8 Å². The predicted molar refractivity (Wildman–Crippen MR) is 64.6 cm³/mol. The summed E-state index contributed by atoms with van der Waals surface area (Å²) in [5.74, 6) is -0.877. The molecule has 1 amide bonds. The number of aliphatic carboxylic acids is 1. The highest BCUT2D eigenvalue weighted by atomic mass is 16.4. The summed E-state index contributed by atoms with van der Waals surface area (Å²) in [4.78, 5) is 22.4. The van der Waals surface area contributed by atoms with Crippen LogP contribution in [-0.4, -0.2) is 36.6 Å². The molecule has 1 fully saturated rings. The molecule has 1 aliphatic rings. The van der Waals surface area contributed by atoms with Gasteiger partial charge in [0.05, 0.1) is 12.0 Å². The van der Waals surface area contributed by atoms with Gasteiger partial charge < -0.3 is 15.7 Å². The molecule has 1 rings (SSSR count). The SMILES string of the molecule is CNC(=O)C(C)NCC1CCCCC1C(=O)O. The smallest absolute Gasteiger partial charge is 0.306 e. The van der Waals surface area contributed by atoms with Gasteiger partial charge in [0.1, 0.15) is 0 Å². The van der Waals surface area contributed by atoms with E-state index in [1.54, 1.807) is 14.0 Å². The number of likely N-dealkylation sites (N-methyl/N-ethyl adjacent to an activating group) is 1. The Morgan fingerprint density at radius 2 is 2.00 bits per heavy atom. The maximum atomic E-state index is 11.3. The highest BCUT2D eigenvalue weighted by Gasteiger charge is 2.30. The van der Waals surface area contributed by atoms with Crippen LogP contribution in [0.5, 0.6) is 0 Å². The molecule has 0 spiro atoms. The molecule has 3 unspecified atom stereocenters. The van der Waals surface area contributed by atoms with Gasteiger partial charge in [-0.2, -0.15) is 0 Å². The van der Waals surface area contributed by atoms with E-state index in [2.05, 4.69) is 10.6 Å². The first-order chi connectivity index (χ1) is 8.06.